The summed E-state index contributed by atoms with van der Waals surface area (Å²) >= 11 is 1.65. The summed E-state index contributed by atoms with van der Waals surface area (Å²) < 4.78 is 1.75. The molecule has 0 aliphatic heterocycles. The van der Waals surface area contributed by atoms with Gasteiger partial charge in [-0.25, -0.2) is 9.50 Å². The molecule has 4 aromatic rings. The molecule has 1 atom stereocenters. The van der Waals surface area contributed by atoms with Gasteiger partial charge < -0.3 is 5.32 Å². The van der Waals surface area contributed by atoms with Gasteiger partial charge in [0.05, 0.1) is 28.0 Å². The van der Waals surface area contributed by atoms with Crippen LogP contribution in [0.1, 0.15) is 43.7 Å². The maximum absolute atomic E-state index is 13.0. The van der Waals surface area contributed by atoms with Gasteiger partial charge in [-0.15, -0.1) is 11.3 Å². The molecule has 4 heterocycles. The van der Waals surface area contributed by atoms with Crippen LogP contribution in [-0.4, -0.2) is 56.1 Å². The Labute approximate surface area is 198 Å². The number of pyridine rings is 1. The second-order valence-corrected chi connectivity index (χ2v) is 8.93. The Morgan fingerprint density at radius 2 is 1.97 bits per heavy atom. The summed E-state index contributed by atoms with van der Waals surface area (Å²) in [5.74, 6) is -0.0870. The molecule has 4 rings (SSSR count). The summed E-state index contributed by atoms with van der Waals surface area (Å²) in [5.41, 5.74) is 4.62. The van der Waals surface area contributed by atoms with Crippen LogP contribution < -0.4 is 5.32 Å². The average Bonchev–Trinajstić information content (AvgIpc) is 3.52. The first kappa shape index (κ1) is 23.1. The number of carbonyl (C=O) groups is 1. The van der Waals surface area contributed by atoms with Crippen LogP contribution in [0, 0.1) is 0 Å². The highest BCUT2D eigenvalue weighted by Crippen LogP contribution is 2.27. The van der Waals surface area contributed by atoms with E-state index in [1.807, 2.05) is 42.8 Å². The normalized spacial score (nSPS) is 12.4. The number of fused-ring (bicyclic) bond motifs is 1. The second kappa shape index (κ2) is 10.2. The summed E-state index contributed by atoms with van der Waals surface area (Å²) in [7, 11) is 0. The molecule has 0 saturated carbocycles. The van der Waals surface area contributed by atoms with Crippen molar-refractivity contribution in [3.63, 3.8) is 0 Å². The number of rotatable bonds is 9. The summed E-state index contributed by atoms with van der Waals surface area (Å²) in [5, 5.41) is 9.59. The third-order valence-corrected chi connectivity index (χ3v) is 6.81. The third kappa shape index (κ3) is 4.96. The zero-order valence-electron chi connectivity index (χ0n) is 19.6. The van der Waals surface area contributed by atoms with E-state index in [0.717, 1.165) is 47.0 Å². The van der Waals surface area contributed by atoms with Gasteiger partial charge in [0.25, 0.3) is 5.91 Å². The topological polar surface area (TPSA) is 75.4 Å². The first-order valence-corrected chi connectivity index (χ1v) is 12.3. The van der Waals surface area contributed by atoms with Crippen molar-refractivity contribution in [3.8, 4) is 21.8 Å². The Balaban J connectivity index is 1.65. The van der Waals surface area contributed by atoms with Crippen molar-refractivity contribution in [2.45, 2.75) is 40.2 Å². The van der Waals surface area contributed by atoms with Crippen molar-refractivity contribution in [1.82, 2.24) is 29.8 Å². The van der Waals surface area contributed by atoms with Gasteiger partial charge in [-0.2, -0.15) is 5.10 Å². The molecule has 1 amide bonds. The van der Waals surface area contributed by atoms with Crippen LogP contribution in [0.25, 0.3) is 27.5 Å². The SMILES string of the molecule is CCc1cc(C(=O)NCC(C)N(CC)CC)cc(-c2cnn3ccc(-c4cccs4)nc23)n1. The predicted octanol–water partition coefficient (Wildman–Crippen LogP) is 4.54. The van der Waals surface area contributed by atoms with Crippen LogP contribution in [0.3, 0.4) is 0 Å². The fourth-order valence-corrected chi connectivity index (χ4v) is 4.66. The Kier molecular flexibility index (Phi) is 7.15. The standard InChI is InChI=1S/C25H30N6OS/c1-5-19-13-18(25(32)26-15-17(4)30(6-2)7-3)14-22(28-19)20-16-27-31-11-10-21(29-24(20)31)23-9-8-12-33-23/h8-14,16-17H,5-7,15H2,1-4H3,(H,26,32). The van der Waals surface area contributed by atoms with Gasteiger partial charge in [0.15, 0.2) is 5.65 Å². The van der Waals surface area contributed by atoms with E-state index in [2.05, 4.69) is 42.2 Å². The molecule has 0 aliphatic carbocycles. The van der Waals surface area contributed by atoms with E-state index in [1.165, 1.54) is 0 Å². The van der Waals surface area contributed by atoms with Crippen LogP contribution >= 0.6 is 11.3 Å². The van der Waals surface area contributed by atoms with Gasteiger partial charge in [-0.3, -0.25) is 14.7 Å². The maximum Gasteiger partial charge on any atom is 0.251 e. The van der Waals surface area contributed by atoms with E-state index in [9.17, 15) is 4.79 Å². The minimum Gasteiger partial charge on any atom is -0.350 e. The van der Waals surface area contributed by atoms with Crippen molar-refractivity contribution >= 4 is 22.9 Å². The monoisotopic (exact) mass is 462 g/mol. The molecule has 0 aromatic carbocycles. The van der Waals surface area contributed by atoms with E-state index >= 15 is 0 Å². The van der Waals surface area contributed by atoms with E-state index in [1.54, 1.807) is 22.0 Å². The summed E-state index contributed by atoms with van der Waals surface area (Å²) in [6.45, 7) is 11.0. The van der Waals surface area contributed by atoms with E-state index in [-0.39, 0.29) is 11.9 Å². The highest BCUT2D eigenvalue weighted by Gasteiger charge is 2.17. The quantitative estimate of drug-likeness (QED) is 0.395. The van der Waals surface area contributed by atoms with Crippen LogP contribution in [0.4, 0.5) is 0 Å². The number of thiophene rings is 1. The van der Waals surface area contributed by atoms with Gasteiger partial charge in [-0.05, 0) is 56.1 Å². The number of aryl methyl sites for hydroxylation is 1. The Bertz CT molecular complexity index is 1230. The lowest BCUT2D eigenvalue weighted by Crippen LogP contribution is -2.42. The number of aromatic nitrogens is 4. The fourth-order valence-electron chi connectivity index (χ4n) is 3.97. The Morgan fingerprint density at radius 3 is 2.67 bits per heavy atom. The maximum atomic E-state index is 13.0. The minimum absolute atomic E-state index is 0.0870. The number of likely N-dealkylation sites (N-methyl/N-ethyl adjacent to an activating group) is 1. The van der Waals surface area contributed by atoms with Crippen LogP contribution in [0.2, 0.25) is 0 Å². The van der Waals surface area contributed by atoms with Gasteiger partial charge in [0.2, 0.25) is 0 Å². The Hall–Kier alpha value is -3.10. The highest BCUT2D eigenvalue weighted by molar-refractivity contribution is 7.13. The predicted molar refractivity (Wildman–Crippen MR) is 134 cm³/mol. The zero-order chi connectivity index (χ0) is 23.4. The van der Waals surface area contributed by atoms with E-state index in [4.69, 9.17) is 9.97 Å². The molecule has 172 valence electrons. The van der Waals surface area contributed by atoms with Crippen molar-refractivity contribution in [2.24, 2.45) is 0 Å². The molecule has 1 unspecified atom stereocenters. The Morgan fingerprint density at radius 1 is 1.15 bits per heavy atom. The lowest BCUT2D eigenvalue weighted by atomic mass is 10.1. The second-order valence-electron chi connectivity index (χ2n) is 7.98. The van der Waals surface area contributed by atoms with Crippen LogP contribution in [-0.2, 0) is 6.42 Å². The van der Waals surface area contributed by atoms with Crippen LogP contribution in [0.5, 0.6) is 0 Å². The van der Waals surface area contributed by atoms with E-state index in [0.29, 0.717) is 17.8 Å². The summed E-state index contributed by atoms with van der Waals surface area (Å²) in [6.07, 6.45) is 4.41. The van der Waals surface area contributed by atoms with Gasteiger partial charge >= 0.3 is 0 Å². The number of nitrogens with zero attached hydrogens (tertiary/aromatic N) is 5. The van der Waals surface area contributed by atoms with Crippen molar-refractivity contribution < 1.29 is 4.79 Å². The van der Waals surface area contributed by atoms with E-state index < -0.39 is 0 Å². The average molecular weight is 463 g/mol. The summed E-state index contributed by atoms with van der Waals surface area (Å²) in [6, 6.07) is 10.0. The van der Waals surface area contributed by atoms with Gasteiger partial charge in [0, 0.05) is 30.0 Å². The van der Waals surface area contributed by atoms with Crippen molar-refractivity contribution in [2.75, 3.05) is 19.6 Å². The molecule has 0 bridgehead atoms. The molecule has 0 spiro atoms. The molecule has 0 fully saturated rings. The molecule has 7 nitrogen and oxygen atoms in total. The largest absolute Gasteiger partial charge is 0.350 e. The third-order valence-electron chi connectivity index (χ3n) is 5.92. The molecule has 0 radical (unpaired) electrons. The molecule has 0 saturated heterocycles. The minimum atomic E-state index is -0.0870. The molecule has 1 N–H and O–H groups in total. The molecular formula is C25H30N6OS. The first-order valence-electron chi connectivity index (χ1n) is 11.5. The van der Waals surface area contributed by atoms with Crippen molar-refractivity contribution in [3.05, 3.63) is 59.4 Å². The van der Waals surface area contributed by atoms with Gasteiger partial charge in [-0.1, -0.05) is 26.8 Å². The number of hydrogen-bond donors (Lipinski definition) is 1. The molecule has 0 aliphatic rings. The highest BCUT2D eigenvalue weighted by atomic mass is 32.1. The lowest BCUT2D eigenvalue weighted by Gasteiger charge is -2.26. The summed E-state index contributed by atoms with van der Waals surface area (Å²) in [4.78, 5) is 26.1. The molecule has 4 aromatic heterocycles. The number of hydrogen-bond acceptors (Lipinski definition) is 6. The number of amides is 1. The zero-order valence-corrected chi connectivity index (χ0v) is 20.4. The number of carbonyl (C=O) groups excluding carboxylic acids is 1. The first-order chi connectivity index (χ1) is 16.0. The molecule has 33 heavy (non-hydrogen) atoms. The lowest BCUT2D eigenvalue weighted by molar-refractivity contribution is 0.0938. The smallest absolute Gasteiger partial charge is 0.251 e. The molecule has 8 heteroatoms. The van der Waals surface area contributed by atoms with Crippen molar-refractivity contribution in [1.29, 1.82) is 0 Å². The number of nitrogens with one attached hydrogen (secondary N) is 1. The molecular weight excluding hydrogens is 432 g/mol. The van der Waals surface area contributed by atoms with Crippen LogP contribution in [0.15, 0.2) is 48.1 Å². The van der Waals surface area contributed by atoms with Gasteiger partial charge in [0.1, 0.15) is 0 Å². The fraction of sp³-hybridized carbons (Fsp3) is 0.360.